The molecule has 1 aromatic carbocycles. The minimum Gasteiger partial charge on any atom is -0.503 e. The van der Waals surface area contributed by atoms with Crippen LogP contribution in [0.2, 0.25) is 0 Å². The summed E-state index contributed by atoms with van der Waals surface area (Å²) in [7, 11) is 0. The normalized spacial score (nSPS) is 20.2. The van der Waals surface area contributed by atoms with Crippen molar-refractivity contribution in [3.05, 3.63) is 69.4 Å². The Labute approximate surface area is 178 Å². The number of hydrogen-bond acceptors (Lipinski definition) is 6. The van der Waals surface area contributed by atoms with Gasteiger partial charge in [0.15, 0.2) is 5.76 Å². The van der Waals surface area contributed by atoms with Gasteiger partial charge in [-0.2, -0.15) is 0 Å². The third-order valence-corrected chi connectivity index (χ3v) is 6.30. The molecule has 0 unspecified atom stereocenters. The van der Waals surface area contributed by atoms with Gasteiger partial charge in [-0.15, -0.1) is 11.3 Å². The van der Waals surface area contributed by atoms with Crippen molar-refractivity contribution in [2.24, 2.45) is 0 Å². The molecule has 3 heterocycles. The number of halogens is 1. The molecule has 2 aliphatic heterocycles. The van der Waals surface area contributed by atoms with Crippen molar-refractivity contribution in [1.29, 1.82) is 0 Å². The molecule has 4 rings (SSSR count). The molecule has 30 heavy (non-hydrogen) atoms. The first-order valence-corrected chi connectivity index (χ1v) is 10.8. The number of thiophene rings is 1. The van der Waals surface area contributed by atoms with Gasteiger partial charge < -0.3 is 14.7 Å². The fourth-order valence-electron chi connectivity index (χ4n) is 3.97. The van der Waals surface area contributed by atoms with E-state index in [4.69, 9.17) is 4.74 Å². The van der Waals surface area contributed by atoms with Crippen LogP contribution in [0.15, 0.2) is 53.1 Å². The molecule has 1 atom stereocenters. The zero-order valence-corrected chi connectivity index (χ0v) is 17.2. The number of morpholine rings is 1. The highest BCUT2D eigenvalue weighted by Crippen LogP contribution is 2.39. The molecule has 1 saturated heterocycles. The van der Waals surface area contributed by atoms with Crippen LogP contribution in [0.5, 0.6) is 0 Å². The summed E-state index contributed by atoms with van der Waals surface area (Å²) < 4.78 is 19.3. The summed E-state index contributed by atoms with van der Waals surface area (Å²) in [6.07, 6.45) is 0.672. The smallest absolute Gasteiger partial charge is 0.290 e. The zero-order chi connectivity index (χ0) is 21.1. The zero-order valence-electron chi connectivity index (χ0n) is 16.4. The van der Waals surface area contributed by atoms with Crippen LogP contribution in [-0.4, -0.2) is 66.0 Å². The van der Waals surface area contributed by atoms with E-state index in [2.05, 4.69) is 4.90 Å². The van der Waals surface area contributed by atoms with E-state index in [1.165, 1.54) is 28.4 Å². The fourth-order valence-corrected chi connectivity index (χ4v) is 4.65. The molecule has 1 fully saturated rings. The van der Waals surface area contributed by atoms with Crippen molar-refractivity contribution in [2.75, 3.05) is 39.4 Å². The number of carbonyl (C=O) groups is 2. The number of hydrogen-bond donors (Lipinski definition) is 1. The molecule has 8 heteroatoms. The van der Waals surface area contributed by atoms with Gasteiger partial charge in [0.2, 0.25) is 5.78 Å². The van der Waals surface area contributed by atoms with Crippen molar-refractivity contribution in [3.8, 4) is 0 Å². The topological polar surface area (TPSA) is 70.1 Å². The van der Waals surface area contributed by atoms with E-state index in [1.54, 1.807) is 29.6 Å². The monoisotopic (exact) mass is 430 g/mol. The minimum absolute atomic E-state index is 0.0134. The first-order chi connectivity index (χ1) is 14.6. The van der Waals surface area contributed by atoms with Crippen LogP contribution < -0.4 is 0 Å². The lowest BCUT2D eigenvalue weighted by Gasteiger charge is -2.30. The Morgan fingerprint density at radius 2 is 2.00 bits per heavy atom. The van der Waals surface area contributed by atoms with Crippen LogP contribution in [0.4, 0.5) is 4.39 Å². The maximum absolute atomic E-state index is 14.0. The molecule has 2 aromatic rings. The molecule has 158 valence electrons. The van der Waals surface area contributed by atoms with E-state index in [1.807, 2.05) is 0 Å². The molecular weight excluding hydrogens is 407 g/mol. The first-order valence-electron chi connectivity index (χ1n) is 9.94. The van der Waals surface area contributed by atoms with Crippen molar-refractivity contribution in [3.63, 3.8) is 0 Å². The maximum atomic E-state index is 14.0. The van der Waals surface area contributed by atoms with Gasteiger partial charge in [-0.25, -0.2) is 4.39 Å². The molecule has 1 aromatic heterocycles. The Kier molecular flexibility index (Phi) is 6.26. The van der Waals surface area contributed by atoms with Crippen molar-refractivity contribution >= 4 is 23.0 Å². The lowest BCUT2D eigenvalue weighted by Crippen LogP contribution is -2.39. The molecule has 0 saturated carbocycles. The second kappa shape index (κ2) is 9.07. The Hall–Kier alpha value is -2.55. The summed E-state index contributed by atoms with van der Waals surface area (Å²) in [5, 5.41) is 12.4. The second-order valence-corrected chi connectivity index (χ2v) is 8.28. The standard InChI is InChI=1S/C22H23FN2O4S/c23-16-5-1-4-15(14-16)19-18(20(26)17-6-2-13-30-17)21(27)22(28)25(19)8-3-7-24-9-11-29-12-10-24/h1-2,4-6,13-14,19,27H,3,7-12H2/t19-/m0/s1. The molecule has 0 aliphatic carbocycles. The number of aliphatic hydroxyl groups is 1. The van der Waals surface area contributed by atoms with Crippen LogP contribution in [0.1, 0.15) is 27.7 Å². The van der Waals surface area contributed by atoms with Gasteiger partial charge in [-0.3, -0.25) is 14.5 Å². The minimum atomic E-state index is -0.813. The van der Waals surface area contributed by atoms with Gasteiger partial charge in [0.05, 0.1) is 29.7 Å². The maximum Gasteiger partial charge on any atom is 0.290 e. The number of aliphatic hydroxyl groups excluding tert-OH is 1. The third-order valence-electron chi connectivity index (χ3n) is 5.43. The predicted octanol–water partition coefficient (Wildman–Crippen LogP) is 3.19. The number of benzene rings is 1. The summed E-state index contributed by atoms with van der Waals surface area (Å²) in [6.45, 7) is 4.19. The van der Waals surface area contributed by atoms with Gasteiger partial charge in [-0.1, -0.05) is 18.2 Å². The summed E-state index contributed by atoms with van der Waals surface area (Å²) in [4.78, 5) is 30.1. The molecule has 1 N–H and O–H groups in total. The van der Waals surface area contributed by atoms with Crippen LogP contribution in [0, 0.1) is 5.82 Å². The molecule has 1 amide bonds. The average molecular weight is 431 g/mol. The number of amides is 1. The van der Waals surface area contributed by atoms with E-state index in [9.17, 15) is 19.1 Å². The Morgan fingerprint density at radius 1 is 1.20 bits per heavy atom. The van der Waals surface area contributed by atoms with E-state index in [0.29, 0.717) is 36.6 Å². The number of ketones is 1. The number of Topliss-reactive ketones (excluding diaryl/α,β-unsaturated/α-hetero) is 1. The first kappa shape index (κ1) is 20.7. The van der Waals surface area contributed by atoms with E-state index in [0.717, 1.165) is 19.6 Å². The highest BCUT2D eigenvalue weighted by molar-refractivity contribution is 7.12. The molecular formula is C22H23FN2O4S. The van der Waals surface area contributed by atoms with Crippen LogP contribution >= 0.6 is 11.3 Å². The highest BCUT2D eigenvalue weighted by Gasteiger charge is 2.43. The molecule has 2 aliphatic rings. The summed E-state index contributed by atoms with van der Waals surface area (Å²) in [5.74, 6) is -2.00. The molecule has 6 nitrogen and oxygen atoms in total. The SMILES string of the molecule is O=C(C1=C(O)C(=O)N(CCCN2CCOCC2)[C@H]1c1cccc(F)c1)c1cccs1. The Bertz CT molecular complexity index is 954. The van der Waals surface area contributed by atoms with Crippen LogP contribution in [0.25, 0.3) is 0 Å². The van der Waals surface area contributed by atoms with E-state index in [-0.39, 0.29) is 5.57 Å². The van der Waals surface area contributed by atoms with Gasteiger partial charge in [0.25, 0.3) is 5.91 Å². The van der Waals surface area contributed by atoms with Crippen molar-refractivity contribution < 1.29 is 23.8 Å². The average Bonchev–Trinajstić information content (AvgIpc) is 3.37. The van der Waals surface area contributed by atoms with Gasteiger partial charge in [0, 0.05) is 26.2 Å². The number of carbonyl (C=O) groups excluding carboxylic acids is 2. The summed E-state index contributed by atoms with van der Waals surface area (Å²) in [6, 6.07) is 8.43. The molecule has 0 bridgehead atoms. The largest absolute Gasteiger partial charge is 0.503 e. The van der Waals surface area contributed by atoms with Crippen LogP contribution in [0.3, 0.4) is 0 Å². The number of ether oxygens (including phenoxy) is 1. The van der Waals surface area contributed by atoms with Crippen molar-refractivity contribution in [1.82, 2.24) is 9.80 Å². The number of rotatable bonds is 7. The third kappa shape index (κ3) is 4.16. The van der Waals surface area contributed by atoms with Crippen LogP contribution in [-0.2, 0) is 9.53 Å². The quantitative estimate of drug-likeness (QED) is 0.684. The summed E-state index contributed by atoms with van der Waals surface area (Å²) in [5.41, 5.74) is 0.484. The van der Waals surface area contributed by atoms with E-state index < -0.39 is 29.3 Å². The van der Waals surface area contributed by atoms with Crippen molar-refractivity contribution in [2.45, 2.75) is 12.5 Å². The van der Waals surface area contributed by atoms with Gasteiger partial charge in [0.1, 0.15) is 5.82 Å². The molecule has 0 spiro atoms. The Balaban J connectivity index is 1.60. The summed E-state index contributed by atoms with van der Waals surface area (Å²) >= 11 is 1.24. The lowest BCUT2D eigenvalue weighted by molar-refractivity contribution is -0.129. The van der Waals surface area contributed by atoms with Gasteiger partial charge in [-0.05, 0) is 35.6 Å². The highest BCUT2D eigenvalue weighted by atomic mass is 32.1. The predicted molar refractivity (Wildman–Crippen MR) is 111 cm³/mol. The molecule has 0 radical (unpaired) electrons. The van der Waals surface area contributed by atoms with Gasteiger partial charge >= 0.3 is 0 Å². The van der Waals surface area contributed by atoms with E-state index >= 15 is 0 Å². The number of nitrogens with zero attached hydrogens (tertiary/aromatic N) is 2. The second-order valence-electron chi connectivity index (χ2n) is 7.33. The fraction of sp³-hybridized carbons (Fsp3) is 0.364. The Morgan fingerprint density at radius 3 is 2.70 bits per heavy atom. The lowest BCUT2D eigenvalue weighted by atomic mass is 9.95.